The van der Waals surface area contributed by atoms with Gasteiger partial charge in [0.25, 0.3) is 0 Å². The quantitative estimate of drug-likeness (QED) is 0.300. The number of amides is 5. The molecule has 0 unspecified atom stereocenters. The van der Waals surface area contributed by atoms with Gasteiger partial charge in [-0.05, 0) is 42.2 Å². The van der Waals surface area contributed by atoms with Crippen LogP contribution in [0.25, 0.3) is 10.2 Å². The minimum Gasteiger partial charge on any atom is -0.410 e. The molecule has 14 heteroatoms. The van der Waals surface area contributed by atoms with E-state index < -0.39 is 18.3 Å². The van der Waals surface area contributed by atoms with Crippen molar-refractivity contribution in [2.75, 3.05) is 46.0 Å². The number of anilines is 1. The molecule has 2 fully saturated rings. The number of hydrazine groups is 1. The highest BCUT2D eigenvalue weighted by Crippen LogP contribution is 2.32. The summed E-state index contributed by atoms with van der Waals surface area (Å²) in [5.41, 5.74) is 8.43. The highest BCUT2D eigenvalue weighted by molar-refractivity contribution is 7.22. The second kappa shape index (κ2) is 14.3. The van der Waals surface area contributed by atoms with Crippen molar-refractivity contribution in [3.63, 3.8) is 0 Å². The lowest BCUT2D eigenvalue weighted by atomic mass is 9.99. The van der Waals surface area contributed by atoms with E-state index in [9.17, 15) is 19.2 Å². The molecule has 5 rings (SSSR count). The molecule has 3 N–H and O–H groups in total. The van der Waals surface area contributed by atoms with E-state index in [2.05, 4.69) is 17.2 Å². The van der Waals surface area contributed by atoms with Gasteiger partial charge in [-0.15, -0.1) is 0 Å². The van der Waals surface area contributed by atoms with Crippen molar-refractivity contribution in [2.45, 2.75) is 58.3 Å². The summed E-state index contributed by atoms with van der Waals surface area (Å²) < 4.78 is 6.29. The molecule has 0 bridgehead atoms. The molecule has 246 valence electrons. The molecule has 0 radical (unpaired) electrons. The fourth-order valence-corrected chi connectivity index (χ4v) is 6.66. The van der Waals surface area contributed by atoms with Crippen molar-refractivity contribution in [1.29, 1.82) is 0 Å². The molecule has 1 aromatic heterocycles. The molecule has 2 aromatic carbocycles. The first-order valence-corrected chi connectivity index (χ1v) is 16.5. The van der Waals surface area contributed by atoms with Crippen molar-refractivity contribution in [3.8, 4) is 5.75 Å². The van der Waals surface area contributed by atoms with Crippen LogP contribution in [0.1, 0.15) is 44.2 Å². The highest BCUT2D eigenvalue weighted by atomic mass is 32.1. The van der Waals surface area contributed by atoms with Crippen LogP contribution < -0.4 is 15.8 Å². The number of piperazine rings is 1. The number of hydrogen-bond acceptors (Lipinski definition) is 9. The summed E-state index contributed by atoms with van der Waals surface area (Å²) in [5.74, 6) is -0.0270. The van der Waals surface area contributed by atoms with Crippen LogP contribution in [0.3, 0.4) is 0 Å². The maximum absolute atomic E-state index is 14.3. The Bertz CT molecular complexity index is 1580. The number of aromatic nitrogens is 1. The SMILES string of the molecule is CCCCNC(=O)N(CCC)N1CC(=O)N2[C@@H](Cc3ccc(OC(=O)N(C)C)cc3)C(=O)N(Cc3cccc4sc(N)nc34)C[C@@H]21. The summed E-state index contributed by atoms with van der Waals surface area (Å²) in [5, 5.41) is 6.88. The zero-order valence-electron chi connectivity index (χ0n) is 26.8. The number of ether oxygens (including phenoxy) is 1. The molecule has 2 atom stereocenters. The Morgan fingerprint density at radius 2 is 1.87 bits per heavy atom. The number of unbranched alkanes of at least 4 members (excludes halogenated alkanes) is 1. The van der Waals surface area contributed by atoms with Crippen molar-refractivity contribution < 1.29 is 23.9 Å². The predicted octanol–water partition coefficient (Wildman–Crippen LogP) is 3.50. The van der Waals surface area contributed by atoms with Gasteiger partial charge in [0.2, 0.25) is 11.8 Å². The number of hydrogen-bond donors (Lipinski definition) is 2. The second-order valence-electron chi connectivity index (χ2n) is 11.7. The van der Waals surface area contributed by atoms with E-state index in [1.807, 2.05) is 30.1 Å². The van der Waals surface area contributed by atoms with Crippen LogP contribution in [0.15, 0.2) is 42.5 Å². The third-order valence-corrected chi connectivity index (χ3v) is 9.01. The number of carbonyl (C=O) groups is 4. The van der Waals surface area contributed by atoms with Gasteiger partial charge in [0, 0.05) is 40.2 Å². The Labute approximate surface area is 272 Å². The number of carbonyl (C=O) groups excluding carboxylic acids is 4. The minimum atomic E-state index is -0.808. The summed E-state index contributed by atoms with van der Waals surface area (Å²) in [4.78, 5) is 62.6. The monoisotopic (exact) mass is 650 g/mol. The molecule has 0 aliphatic carbocycles. The van der Waals surface area contributed by atoms with Crippen molar-refractivity contribution in [2.24, 2.45) is 0 Å². The van der Waals surface area contributed by atoms with Crippen molar-refractivity contribution in [1.82, 2.24) is 35.0 Å². The molecule has 3 aromatic rings. The van der Waals surface area contributed by atoms with Gasteiger partial charge in [-0.1, -0.05) is 55.9 Å². The molecular formula is C32H42N8O5S. The molecule has 46 heavy (non-hydrogen) atoms. The molecule has 0 spiro atoms. The van der Waals surface area contributed by atoms with Crippen LogP contribution in [0.5, 0.6) is 5.75 Å². The van der Waals surface area contributed by atoms with E-state index in [0.29, 0.717) is 30.4 Å². The van der Waals surface area contributed by atoms with Gasteiger partial charge in [0.15, 0.2) is 5.13 Å². The van der Waals surface area contributed by atoms with Gasteiger partial charge < -0.3 is 30.5 Å². The van der Waals surface area contributed by atoms with Gasteiger partial charge in [0.1, 0.15) is 18.0 Å². The van der Waals surface area contributed by atoms with Crippen LogP contribution in [-0.2, 0) is 22.6 Å². The third kappa shape index (κ3) is 7.02. The Kier molecular flexibility index (Phi) is 10.3. The summed E-state index contributed by atoms with van der Waals surface area (Å²) in [7, 11) is 3.20. The number of benzene rings is 2. The lowest BCUT2D eigenvalue weighted by Crippen LogP contribution is -2.66. The average Bonchev–Trinajstić information content (AvgIpc) is 3.57. The molecule has 0 saturated carbocycles. The molecule has 3 heterocycles. The summed E-state index contributed by atoms with van der Waals surface area (Å²) >= 11 is 1.39. The summed E-state index contributed by atoms with van der Waals surface area (Å²) in [6, 6.07) is 11.7. The van der Waals surface area contributed by atoms with Crippen molar-refractivity contribution in [3.05, 3.63) is 53.6 Å². The zero-order valence-corrected chi connectivity index (χ0v) is 27.6. The van der Waals surface area contributed by atoms with Crippen LogP contribution in [0.2, 0.25) is 0 Å². The lowest BCUT2D eigenvalue weighted by Gasteiger charge is -2.46. The second-order valence-corrected chi connectivity index (χ2v) is 12.8. The number of para-hydroxylation sites is 1. The number of nitrogens with zero attached hydrogens (tertiary/aromatic N) is 6. The topological polar surface area (TPSA) is 145 Å². The van der Waals surface area contributed by atoms with Crippen LogP contribution in [0, 0.1) is 0 Å². The average molecular weight is 651 g/mol. The van der Waals surface area contributed by atoms with Gasteiger partial charge in [-0.2, -0.15) is 5.01 Å². The number of rotatable bonds is 11. The van der Waals surface area contributed by atoms with Gasteiger partial charge in [0.05, 0.1) is 23.3 Å². The number of nitrogen functional groups attached to an aromatic ring is 1. The van der Waals surface area contributed by atoms with E-state index in [1.165, 1.54) is 16.2 Å². The van der Waals surface area contributed by atoms with E-state index in [1.54, 1.807) is 53.2 Å². The number of thiazole rings is 1. The Morgan fingerprint density at radius 1 is 1.11 bits per heavy atom. The van der Waals surface area contributed by atoms with Gasteiger partial charge in [-0.25, -0.2) is 14.6 Å². The Balaban J connectivity index is 1.46. The minimum absolute atomic E-state index is 0.0128. The lowest BCUT2D eigenvalue weighted by molar-refractivity contribution is -0.157. The third-order valence-electron chi connectivity index (χ3n) is 8.16. The normalized spacial score (nSPS) is 18.2. The summed E-state index contributed by atoms with van der Waals surface area (Å²) in [6.07, 6.45) is 1.70. The number of urea groups is 1. The number of fused-ring (bicyclic) bond motifs is 2. The molecule has 5 amide bonds. The molecule has 2 aliphatic rings. The summed E-state index contributed by atoms with van der Waals surface area (Å²) in [6.45, 7) is 5.50. The maximum Gasteiger partial charge on any atom is 0.414 e. The van der Waals surface area contributed by atoms with Crippen molar-refractivity contribution >= 4 is 50.6 Å². The van der Waals surface area contributed by atoms with E-state index in [4.69, 9.17) is 10.5 Å². The Morgan fingerprint density at radius 3 is 2.57 bits per heavy atom. The first-order chi connectivity index (χ1) is 22.1. The smallest absolute Gasteiger partial charge is 0.410 e. The first-order valence-electron chi connectivity index (χ1n) is 15.6. The molecule has 2 saturated heterocycles. The van der Waals surface area contributed by atoms with Crippen LogP contribution in [-0.4, -0.2) is 106 Å². The zero-order chi connectivity index (χ0) is 33.0. The fraction of sp³-hybridized carbons (Fsp3) is 0.469. The number of nitrogens with one attached hydrogen (secondary N) is 1. The maximum atomic E-state index is 14.3. The number of nitrogens with two attached hydrogens (primary N) is 1. The van der Waals surface area contributed by atoms with E-state index in [-0.39, 0.29) is 43.9 Å². The predicted molar refractivity (Wildman–Crippen MR) is 176 cm³/mol. The molecular weight excluding hydrogens is 608 g/mol. The molecule has 13 nitrogen and oxygen atoms in total. The van der Waals surface area contributed by atoms with Gasteiger partial charge in [-0.3, -0.25) is 14.6 Å². The molecule has 2 aliphatic heterocycles. The highest BCUT2D eigenvalue weighted by Gasteiger charge is 2.52. The Hall–Kier alpha value is -4.43. The van der Waals surface area contributed by atoms with Crippen LogP contribution in [0.4, 0.5) is 14.7 Å². The largest absolute Gasteiger partial charge is 0.414 e. The fourth-order valence-electron chi connectivity index (χ4n) is 5.88. The van der Waals surface area contributed by atoms with E-state index >= 15 is 0 Å². The van der Waals surface area contributed by atoms with Gasteiger partial charge >= 0.3 is 12.1 Å². The van der Waals surface area contributed by atoms with E-state index in [0.717, 1.165) is 34.2 Å². The first kappa shape index (κ1) is 32.9. The standard InChI is InChI=1S/C32H42N8O5S/c1-5-7-15-34-31(43)38(16-6-2)39-20-27(41)40-24(17-21-11-13-23(14-12-21)45-32(44)36(3)4)29(42)37(19-26(39)40)18-22-9-8-10-25-28(22)35-30(33)46-25/h8-14,24,26H,5-7,15-20H2,1-4H3,(H2,33,35)(H,34,43)/t24-,26+/m0/s1. The van der Waals surface area contributed by atoms with Crippen LogP contribution >= 0.6 is 11.3 Å².